The standard InChI is InChI=1S/C15H17NO2/c1-4-12-5-6-14-13(9-12)7-8-16(14)15(10(2)17)11(3)18/h5-9,15H,4H2,1-3H3. The SMILES string of the molecule is CCc1ccc2c(ccn2C(C(C)=O)C(C)=O)c1. The number of hydrogen-bond acceptors (Lipinski definition) is 2. The topological polar surface area (TPSA) is 39.1 Å². The molecule has 0 N–H and O–H groups in total. The predicted molar refractivity (Wildman–Crippen MR) is 71.7 cm³/mol. The van der Waals surface area contributed by atoms with Gasteiger partial charge in [0.15, 0.2) is 11.6 Å². The zero-order valence-corrected chi connectivity index (χ0v) is 10.9. The first-order chi connectivity index (χ1) is 8.54. The summed E-state index contributed by atoms with van der Waals surface area (Å²) in [5.74, 6) is -0.251. The molecule has 0 radical (unpaired) electrons. The van der Waals surface area contributed by atoms with Crippen LogP contribution in [0.5, 0.6) is 0 Å². The van der Waals surface area contributed by atoms with Crippen molar-refractivity contribution in [3.8, 4) is 0 Å². The molecular weight excluding hydrogens is 226 g/mol. The number of carbonyl (C=O) groups is 2. The highest BCUT2D eigenvalue weighted by atomic mass is 16.2. The average Bonchev–Trinajstić information content (AvgIpc) is 2.71. The summed E-state index contributed by atoms with van der Waals surface area (Å²) in [6, 6.07) is 7.37. The van der Waals surface area contributed by atoms with E-state index in [1.165, 1.54) is 19.4 Å². The van der Waals surface area contributed by atoms with Gasteiger partial charge in [-0.15, -0.1) is 0 Å². The summed E-state index contributed by atoms with van der Waals surface area (Å²) in [6.07, 6.45) is 2.79. The minimum absolute atomic E-state index is 0.125. The summed E-state index contributed by atoms with van der Waals surface area (Å²) in [6.45, 7) is 5.02. The Morgan fingerprint density at radius 1 is 1.17 bits per heavy atom. The third-order valence-corrected chi connectivity index (χ3v) is 3.24. The highest BCUT2D eigenvalue weighted by molar-refractivity contribution is 6.03. The third-order valence-electron chi connectivity index (χ3n) is 3.24. The summed E-state index contributed by atoms with van der Waals surface area (Å²) in [7, 11) is 0. The van der Waals surface area contributed by atoms with Crippen LogP contribution < -0.4 is 0 Å². The molecule has 0 amide bonds. The normalized spacial score (nSPS) is 11.1. The molecule has 3 heteroatoms. The van der Waals surface area contributed by atoms with Crippen molar-refractivity contribution in [1.82, 2.24) is 4.57 Å². The van der Waals surface area contributed by atoms with E-state index in [9.17, 15) is 9.59 Å². The van der Waals surface area contributed by atoms with Crippen LogP contribution in [0.25, 0.3) is 10.9 Å². The molecule has 0 saturated heterocycles. The van der Waals surface area contributed by atoms with E-state index in [0.29, 0.717) is 0 Å². The van der Waals surface area contributed by atoms with Crippen LogP contribution in [0.4, 0.5) is 0 Å². The molecule has 2 aromatic rings. The van der Waals surface area contributed by atoms with E-state index in [2.05, 4.69) is 13.0 Å². The first kappa shape index (κ1) is 12.6. The minimum atomic E-state index is -0.699. The molecule has 0 aliphatic rings. The number of carbonyl (C=O) groups excluding carboxylic acids is 2. The molecule has 0 saturated carbocycles. The molecule has 1 aromatic heterocycles. The van der Waals surface area contributed by atoms with Crippen molar-refractivity contribution in [3.05, 3.63) is 36.0 Å². The van der Waals surface area contributed by atoms with Crippen LogP contribution in [0.3, 0.4) is 0 Å². The Labute approximate surface area is 106 Å². The molecule has 0 fully saturated rings. The van der Waals surface area contributed by atoms with E-state index >= 15 is 0 Å². The van der Waals surface area contributed by atoms with Crippen molar-refractivity contribution < 1.29 is 9.59 Å². The molecule has 94 valence electrons. The monoisotopic (exact) mass is 243 g/mol. The van der Waals surface area contributed by atoms with Crippen molar-refractivity contribution in [2.24, 2.45) is 0 Å². The summed E-state index contributed by atoms with van der Waals surface area (Å²) < 4.78 is 1.76. The number of Topliss-reactive ketones (excluding diaryl/α,β-unsaturated/α-hetero) is 2. The fourth-order valence-electron chi connectivity index (χ4n) is 2.34. The van der Waals surface area contributed by atoms with Crippen LogP contribution in [0.2, 0.25) is 0 Å². The largest absolute Gasteiger partial charge is 0.330 e. The van der Waals surface area contributed by atoms with E-state index in [0.717, 1.165) is 17.3 Å². The van der Waals surface area contributed by atoms with Gasteiger partial charge in [-0.2, -0.15) is 0 Å². The molecule has 0 unspecified atom stereocenters. The molecule has 0 aliphatic carbocycles. The maximum Gasteiger partial charge on any atom is 0.160 e. The first-order valence-electron chi connectivity index (χ1n) is 6.15. The zero-order chi connectivity index (χ0) is 13.3. The molecule has 18 heavy (non-hydrogen) atoms. The second-order valence-corrected chi connectivity index (χ2v) is 4.59. The molecule has 1 aromatic carbocycles. The number of aryl methyl sites for hydroxylation is 1. The number of rotatable bonds is 4. The molecule has 2 rings (SSSR count). The number of aromatic nitrogens is 1. The predicted octanol–water partition coefficient (Wildman–Crippen LogP) is 2.92. The van der Waals surface area contributed by atoms with Crippen LogP contribution in [0.1, 0.15) is 32.4 Å². The molecule has 1 heterocycles. The van der Waals surface area contributed by atoms with Gasteiger partial charge in [-0.1, -0.05) is 13.0 Å². The molecule has 0 aliphatic heterocycles. The highest BCUT2D eigenvalue weighted by Crippen LogP contribution is 2.23. The number of benzene rings is 1. The Balaban J connectivity index is 2.58. The van der Waals surface area contributed by atoms with Crippen LogP contribution in [-0.4, -0.2) is 16.1 Å². The van der Waals surface area contributed by atoms with Gasteiger partial charge in [0.05, 0.1) is 0 Å². The van der Waals surface area contributed by atoms with Crippen molar-refractivity contribution >= 4 is 22.5 Å². The number of ketones is 2. The summed E-state index contributed by atoms with van der Waals surface area (Å²) in [4.78, 5) is 23.2. The van der Waals surface area contributed by atoms with Gasteiger partial charge < -0.3 is 4.57 Å². The third kappa shape index (κ3) is 2.08. The zero-order valence-electron chi connectivity index (χ0n) is 10.9. The minimum Gasteiger partial charge on any atom is -0.330 e. The molecule has 0 bridgehead atoms. The Morgan fingerprint density at radius 3 is 2.39 bits per heavy atom. The van der Waals surface area contributed by atoms with Gasteiger partial charge >= 0.3 is 0 Å². The number of hydrogen-bond donors (Lipinski definition) is 0. The van der Waals surface area contributed by atoms with Crippen LogP contribution >= 0.6 is 0 Å². The van der Waals surface area contributed by atoms with E-state index in [1.807, 2.05) is 24.4 Å². The second kappa shape index (κ2) is 4.77. The van der Waals surface area contributed by atoms with E-state index in [1.54, 1.807) is 4.57 Å². The Kier molecular flexibility index (Phi) is 3.32. The summed E-state index contributed by atoms with van der Waals surface area (Å²) in [5.41, 5.74) is 2.19. The molecule has 0 spiro atoms. The highest BCUT2D eigenvalue weighted by Gasteiger charge is 2.22. The smallest absolute Gasteiger partial charge is 0.160 e. The second-order valence-electron chi connectivity index (χ2n) is 4.59. The van der Waals surface area contributed by atoms with Crippen molar-refractivity contribution in [1.29, 1.82) is 0 Å². The van der Waals surface area contributed by atoms with Crippen molar-refractivity contribution in [2.45, 2.75) is 33.2 Å². The molecule has 3 nitrogen and oxygen atoms in total. The van der Waals surface area contributed by atoms with Crippen molar-refractivity contribution in [3.63, 3.8) is 0 Å². The van der Waals surface area contributed by atoms with Gasteiger partial charge in [0.2, 0.25) is 0 Å². The van der Waals surface area contributed by atoms with Crippen LogP contribution in [0, 0.1) is 0 Å². The van der Waals surface area contributed by atoms with Gasteiger partial charge in [0.25, 0.3) is 0 Å². The van der Waals surface area contributed by atoms with Gasteiger partial charge in [-0.25, -0.2) is 0 Å². The Bertz CT molecular complexity index is 596. The number of nitrogens with zero attached hydrogens (tertiary/aromatic N) is 1. The first-order valence-corrected chi connectivity index (χ1v) is 6.15. The maximum atomic E-state index is 11.6. The lowest BCUT2D eigenvalue weighted by molar-refractivity contribution is -0.129. The van der Waals surface area contributed by atoms with Crippen LogP contribution in [-0.2, 0) is 16.0 Å². The molecule has 0 atom stereocenters. The molecular formula is C15H17NO2. The lowest BCUT2D eigenvalue weighted by Gasteiger charge is -2.14. The average molecular weight is 243 g/mol. The maximum absolute atomic E-state index is 11.6. The Hall–Kier alpha value is -1.90. The van der Waals surface area contributed by atoms with E-state index < -0.39 is 6.04 Å². The van der Waals surface area contributed by atoms with Gasteiger partial charge in [0, 0.05) is 11.7 Å². The van der Waals surface area contributed by atoms with Crippen LogP contribution in [0.15, 0.2) is 30.5 Å². The van der Waals surface area contributed by atoms with E-state index in [4.69, 9.17) is 0 Å². The summed E-state index contributed by atoms with van der Waals surface area (Å²) >= 11 is 0. The Morgan fingerprint density at radius 2 is 1.83 bits per heavy atom. The lowest BCUT2D eigenvalue weighted by Crippen LogP contribution is -2.23. The fourth-order valence-corrected chi connectivity index (χ4v) is 2.34. The lowest BCUT2D eigenvalue weighted by atomic mass is 10.1. The van der Waals surface area contributed by atoms with Gasteiger partial charge in [-0.05, 0) is 49.4 Å². The van der Waals surface area contributed by atoms with Gasteiger partial charge in [-0.3, -0.25) is 9.59 Å². The number of fused-ring (bicyclic) bond motifs is 1. The van der Waals surface area contributed by atoms with Crippen molar-refractivity contribution in [2.75, 3.05) is 0 Å². The fraction of sp³-hybridized carbons (Fsp3) is 0.333. The van der Waals surface area contributed by atoms with E-state index in [-0.39, 0.29) is 11.6 Å². The summed E-state index contributed by atoms with van der Waals surface area (Å²) in [5, 5.41) is 1.07. The quantitative estimate of drug-likeness (QED) is 0.774. The van der Waals surface area contributed by atoms with Gasteiger partial charge in [0.1, 0.15) is 6.04 Å².